The van der Waals surface area contributed by atoms with Gasteiger partial charge in [0, 0.05) is 5.70 Å². The molecule has 0 saturated carbocycles. The van der Waals surface area contributed by atoms with E-state index in [1.54, 1.807) is 45.0 Å². The van der Waals surface area contributed by atoms with Gasteiger partial charge in [0.1, 0.15) is 11.8 Å². The summed E-state index contributed by atoms with van der Waals surface area (Å²) < 4.78 is 6.85. The number of nitrogens with zero attached hydrogens (tertiary/aromatic N) is 4. The van der Waals surface area contributed by atoms with Crippen LogP contribution in [0.5, 0.6) is 5.75 Å². The van der Waals surface area contributed by atoms with Gasteiger partial charge in [0.15, 0.2) is 0 Å². The van der Waals surface area contributed by atoms with E-state index in [9.17, 15) is 9.90 Å². The van der Waals surface area contributed by atoms with Crippen LogP contribution >= 0.6 is 0 Å². The fourth-order valence-corrected chi connectivity index (χ4v) is 2.56. The summed E-state index contributed by atoms with van der Waals surface area (Å²) in [7, 11) is 0. The molecule has 0 unspecified atom stereocenters. The molecule has 1 atom stereocenters. The lowest BCUT2D eigenvalue weighted by molar-refractivity contribution is -0.143. The van der Waals surface area contributed by atoms with E-state index in [0.717, 1.165) is 0 Å². The first-order valence-electron chi connectivity index (χ1n) is 7.23. The predicted octanol–water partition coefficient (Wildman–Crippen LogP) is 1.62. The van der Waals surface area contributed by atoms with E-state index in [4.69, 9.17) is 4.74 Å². The summed E-state index contributed by atoms with van der Waals surface area (Å²) in [5.41, 5.74) is 1.71. The number of phenols is 1. The van der Waals surface area contributed by atoms with Crippen LogP contribution < -0.4 is 5.32 Å². The van der Waals surface area contributed by atoms with Crippen LogP contribution in [0.4, 0.5) is 5.95 Å². The van der Waals surface area contributed by atoms with E-state index in [0.29, 0.717) is 22.8 Å². The highest BCUT2D eigenvalue weighted by Gasteiger charge is 2.35. The second-order valence-corrected chi connectivity index (χ2v) is 5.56. The number of allylic oxidation sites excluding steroid dienone is 1. The normalized spacial score (nSPS) is 17.0. The topological polar surface area (TPSA) is 102 Å². The number of fused-ring (bicyclic) bond motifs is 1. The summed E-state index contributed by atoms with van der Waals surface area (Å²) in [6.07, 6.45) is -0.247. The number of ether oxygens (including phenoxy) is 1. The highest BCUT2D eigenvalue weighted by atomic mass is 16.5. The highest BCUT2D eigenvalue weighted by molar-refractivity contribution is 5.92. The molecule has 120 valence electrons. The average Bonchev–Trinajstić information content (AvgIpc) is 2.92. The third-order valence-electron chi connectivity index (χ3n) is 3.46. The molecule has 0 saturated heterocycles. The summed E-state index contributed by atoms with van der Waals surface area (Å²) in [6.45, 7) is 5.34. The number of esters is 1. The summed E-state index contributed by atoms with van der Waals surface area (Å²) >= 11 is 0. The Hall–Kier alpha value is -2.90. The van der Waals surface area contributed by atoms with Crippen LogP contribution in [-0.4, -0.2) is 37.4 Å². The monoisotopic (exact) mass is 315 g/mol. The SMILES string of the molecule is CC1=C(C(=O)OC(C)C)[C@H](c2cccc(O)c2)n2nnnc2N1. The summed E-state index contributed by atoms with van der Waals surface area (Å²) in [5.74, 6) is 0.0846. The van der Waals surface area contributed by atoms with Gasteiger partial charge < -0.3 is 15.2 Å². The van der Waals surface area contributed by atoms with Gasteiger partial charge in [-0.15, -0.1) is 0 Å². The number of hydrogen-bond donors (Lipinski definition) is 2. The fourth-order valence-electron chi connectivity index (χ4n) is 2.56. The first-order chi connectivity index (χ1) is 11.0. The summed E-state index contributed by atoms with van der Waals surface area (Å²) in [6, 6.07) is 6.08. The molecular weight excluding hydrogens is 298 g/mol. The third kappa shape index (κ3) is 2.75. The minimum atomic E-state index is -0.570. The molecule has 0 spiro atoms. The largest absolute Gasteiger partial charge is 0.508 e. The van der Waals surface area contributed by atoms with Crippen molar-refractivity contribution in [2.24, 2.45) is 0 Å². The lowest BCUT2D eigenvalue weighted by Crippen LogP contribution is -2.30. The molecule has 23 heavy (non-hydrogen) atoms. The Morgan fingerprint density at radius 3 is 2.91 bits per heavy atom. The number of anilines is 1. The zero-order valence-electron chi connectivity index (χ0n) is 13.0. The smallest absolute Gasteiger partial charge is 0.338 e. The Balaban J connectivity index is 2.13. The van der Waals surface area contributed by atoms with Crippen molar-refractivity contribution in [2.45, 2.75) is 32.9 Å². The average molecular weight is 315 g/mol. The number of tetrazole rings is 1. The van der Waals surface area contributed by atoms with Gasteiger partial charge in [-0.05, 0) is 48.9 Å². The van der Waals surface area contributed by atoms with Gasteiger partial charge in [0.25, 0.3) is 0 Å². The maximum absolute atomic E-state index is 12.6. The fraction of sp³-hybridized carbons (Fsp3) is 0.333. The Bertz CT molecular complexity index is 781. The van der Waals surface area contributed by atoms with Gasteiger partial charge in [-0.2, -0.15) is 4.68 Å². The molecule has 0 radical (unpaired) electrons. The summed E-state index contributed by atoms with van der Waals surface area (Å²) in [4.78, 5) is 12.6. The molecule has 2 heterocycles. The number of carbonyl (C=O) groups is 1. The second-order valence-electron chi connectivity index (χ2n) is 5.56. The van der Waals surface area contributed by atoms with Crippen molar-refractivity contribution in [1.29, 1.82) is 0 Å². The number of aromatic nitrogens is 4. The van der Waals surface area contributed by atoms with E-state index in [1.165, 1.54) is 4.68 Å². The molecule has 1 aromatic carbocycles. The Morgan fingerprint density at radius 2 is 2.22 bits per heavy atom. The Labute approximate surface area is 132 Å². The number of rotatable bonds is 3. The first-order valence-corrected chi connectivity index (χ1v) is 7.23. The molecule has 1 aliphatic rings. The molecule has 0 bridgehead atoms. The van der Waals surface area contributed by atoms with Gasteiger partial charge in [0.05, 0.1) is 11.7 Å². The van der Waals surface area contributed by atoms with Gasteiger partial charge in [-0.1, -0.05) is 17.2 Å². The molecule has 3 rings (SSSR count). The van der Waals surface area contributed by atoms with Crippen molar-refractivity contribution in [3.63, 3.8) is 0 Å². The predicted molar refractivity (Wildman–Crippen MR) is 81.6 cm³/mol. The van der Waals surface area contributed by atoms with E-state index in [1.807, 2.05) is 0 Å². The quantitative estimate of drug-likeness (QED) is 0.830. The molecule has 2 aromatic rings. The number of carbonyl (C=O) groups excluding carboxylic acids is 1. The van der Waals surface area contributed by atoms with Crippen LogP contribution in [-0.2, 0) is 9.53 Å². The minimum Gasteiger partial charge on any atom is -0.508 e. The number of aromatic hydroxyl groups is 1. The van der Waals surface area contributed by atoms with E-state index in [-0.39, 0.29) is 11.9 Å². The van der Waals surface area contributed by atoms with Crippen LogP contribution in [0, 0.1) is 0 Å². The van der Waals surface area contributed by atoms with Gasteiger partial charge >= 0.3 is 5.97 Å². The number of phenolic OH excluding ortho intramolecular Hbond substituents is 1. The maximum Gasteiger partial charge on any atom is 0.338 e. The number of nitrogens with one attached hydrogen (secondary N) is 1. The lowest BCUT2D eigenvalue weighted by Gasteiger charge is -2.27. The molecule has 8 nitrogen and oxygen atoms in total. The van der Waals surface area contributed by atoms with Crippen molar-refractivity contribution in [1.82, 2.24) is 20.2 Å². The summed E-state index contributed by atoms with van der Waals surface area (Å²) in [5, 5.41) is 24.3. The van der Waals surface area contributed by atoms with Crippen LogP contribution in [0.3, 0.4) is 0 Å². The second kappa shape index (κ2) is 5.71. The molecule has 2 N–H and O–H groups in total. The van der Waals surface area contributed by atoms with Crippen molar-refractivity contribution < 1.29 is 14.6 Å². The maximum atomic E-state index is 12.6. The molecule has 0 aliphatic carbocycles. The standard InChI is InChI=1S/C15H17N5O3/c1-8(2)23-14(22)12-9(3)16-15-17-18-19-20(15)13(12)10-5-4-6-11(21)7-10/h4-8,13,21H,1-3H3,(H,16,17,19)/t13-/m0/s1. The van der Waals surface area contributed by atoms with Gasteiger partial charge in [-0.25, -0.2) is 4.79 Å². The van der Waals surface area contributed by atoms with Crippen molar-refractivity contribution in [2.75, 3.05) is 5.32 Å². The molecule has 8 heteroatoms. The van der Waals surface area contributed by atoms with Gasteiger partial charge in [0.2, 0.25) is 5.95 Å². The van der Waals surface area contributed by atoms with Crippen molar-refractivity contribution in [3.8, 4) is 5.75 Å². The van der Waals surface area contributed by atoms with E-state index >= 15 is 0 Å². The van der Waals surface area contributed by atoms with Crippen LogP contribution in [0.25, 0.3) is 0 Å². The third-order valence-corrected chi connectivity index (χ3v) is 3.46. The Kier molecular flexibility index (Phi) is 3.73. The lowest BCUT2D eigenvalue weighted by atomic mass is 9.95. The number of hydrogen-bond acceptors (Lipinski definition) is 7. The first kappa shape index (κ1) is 15.0. The highest BCUT2D eigenvalue weighted by Crippen LogP contribution is 2.35. The van der Waals surface area contributed by atoms with Crippen LogP contribution in [0.15, 0.2) is 35.5 Å². The van der Waals surface area contributed by atoms with Crippen LogP contribution in [0.1, 0.15) is 32.4 Å². The molecule has 0 amide bonds. The van der Waals surface area contributed by atoms with Crippen molar-refractivity contribution >= 4 is 11.9 Å². The van der Waals surface area contributed by atoms with Crippen molar-refractivity contribution in [3.05, 3.63) is 41.1 Å². The van der Waals surface area contributed by atoms with E-state index < -0.39 is 12.0 Å². The Morgan fingerprint density at radius 1 is 1.43 bits per heavy atom. The molecule has 1 aromatic heterocycles. The molecule has 1 aliphatic heterocycles. The number of benzene rings is 1. The molecular formula is C15H17N5O3. The van der Waals surface area contributed by atoms with Gasteiger partial charge in [-0.3, -0.25) is 0 Å². The van der Waals surface area contributed by atoms with Crippen LogP contribution in [0.2, 0.25) is 0 Å². The van der Waals surface area contributed by atoms with E-state index in [2.05, 4.69) is 20.8 Å². The zero-order chi connectivity index (χ0) is 16.6. The molecule has 0 fully saturated rings. The minimum absolute atomic E-state index is 0.102. The zero-order valence-corrected chi connectivity index (χ0v) is 13.0.